The number of aliphatic carboxylic acids is 1. The summed E-state index contributed by atoms with van der Waals surface area (Å²) < 4.78 is 0. The summed E-state index contributed by atoms with van der Waals surface area (Å²) >= 11 is 1.61. The Bertz CT molecular complexity index is 391. The van der Waals surface area contributed by atoms with Gasteiger partial charge in [-0.05, 0) is 57.2 Å². The van der Waals surface area contributed by atoms with Gasteiger partial charge >= 0.3 is 5.97 Å². The number of carbonyl (C=O) groups is 2. The Hall–Kier alpha value is -0.750. The molecule has 1 saturated carbocycles. The molecule has 0 unspecified atom stereocenters. The maximum absolute atomic E-state index is 13.0. The molecule has 5 nitrogen and oxygen atoms in total. The summed E-state index contributed by atoms with van der Waals surface area (Å²) in [6.45, 7) is 1.94. The smallest absolute Gasteiger partial charge is 0.326 e. The van der Waals surface area contributed by atoms with E-state index in [1.165, 1.54) is 6.42 Å². The summed E-state index contributed by atoms with van der Waals surface area (Å²) in [5.41, 5.74) is -0.457. The van der Waals surface area contributed by atoms with E-state index in [0.717, 1.165) is 57.4 Å². The van der Waals surface area contributed by atoms with Crippen molar-refractivity contribution in [2.45, 2.75) is 62.9 Å². The molecule has 126 valence electrons. The lowest BCUT2D eigenvalue weighted by Crippen LogP contribution is -2.61. The molecule has 2 N–H and O–H groups in total. The molecule has 0 spiro atoms. The second-order valence-corrected chi connectivity index (χ2v) is 7.42. The van der Waals surface area contributed by atoms with Crippen LogP contribution in [-0.4, -0.2) is 58.6 Å². The maximum atomic E-state index is 13.0. The number of carbonyl (C=O) groups excluding carboxylic acids is 1. The minimum Gasteiger partial charge on any atom is -0.480 e. The molecule has 1 saturated heterocycles. The molecule has 2 rings (SSSR count). The van der Waals surface area contributed by atoms with Gasteiger partial charge in [0.25, 0.3) is 0 Å². The summed E-state index contributed by atoms with van der Waals surface area (Å²) in [6.07, 6.45) is 9.76. The van der Waals surface area contributed by atoms with Gasteiger partial charge in [0.15, 0.2) is 0 Å². The van der Waals surface area contributed by atoms with Gasteiger partial charge in [0, 0.05) is 0 Å². The van der Waals surface area contributed by atoms with E-state index in [1.54, 1.807) is 11.8 Å². The first-order valence-corrected chi connectivity index (χ1v) is 9.77. The lowest BCUT2D eigenvalue weighted by Gasteiger charge is -2.43. The van der Waals surface area contributed by atoms with E-state index in [2.05, 4.69) is 10.2 Å². The number of carboxylic acids is 1. The molecule has 1 atom stereocenters. The van der Waals surface area contributed by atoms with Gasteiger partial charge in [-0.25, -0.2) is 4.79 Å². The average Bonchev–Trinajstić information content (AvgIpc) is 3.06. The molecule has 1 heterocycles. The lowest BCUT2D eigenvalue weighted by molar-refractivity contribution is -0.145. The van der Waals surface area contributed by atoms with E-state index >= 15 is 0 Å². The monoisotopic (exact) mass is 328 g/mol. The summed E-state index contributed by atoms with van der Waals surface area (Å²) in [4.78, 5) is 26.7. The normalized spacial score (nSPS) is 23.1. The van der Waals surface area contributed by atoms with Crippen molar-refractivity contribution in [3.63, 3.8) is 0 Å². The highest BCUT2D eigenvalue weighted by Gasteiger charge is 2.46. The number of hydrogen-bond donors (Lipinski definition) is 2. The largest absolute Gasteiger partial charge is 0.480 e. The van der Waals surface area contributed by atoms with Crippen LogP contribution in [0.3, 0.4) is 0 Å². The van der Waals surface area contributed by atoms with Gasteiger partial charge in [0.2, 0.25) is 5.91 Å². The van der Waals surface area contributed by atoms with Crippen LogP contribution in [0.1, 0.15) is 51.4 Å². The summed E-state index contributed by atoms with van der Waals surface area (Å²) in [5.74, 6) is -0.231. The number of carboxylic acid groups (broad SMARTS) is 1. The van der Waals surface area contributed by atoms with Gasteiger partial charge < -0.3 is 10.4 Å². The van der Waals surface area contributed by atoms with Crippen LogP contribution in [0.2, 0.25) is 0 Å². The first kappa shape index (κ1) is 17.6. The van der Waals surface area contributed by atoms with Gasteiger partial charge in [-0.15, -0.1) is 0 Å². The lowest BCUT2D eigenvalue weighted by atomic mass is 9.79. The topological polar surface area (TPSA) is 69.6 Å². The Kier molecular flexibility index (Phi) is 6.56. The fourth-order valence-corrected chi connectivity index (χ4v) is 4.23. The third-order valence-electron chi connectivity index (χ3n) is 5.03. The van der Waals surface area contributed by atoms with Crippen LogP contribution in [0.25, 0.3) is 0 Å². The van der Waals surface area contributed by atoms with Crippen LogP contribution in [-0.2, 0) is 9.59 Å². The van der Waals surface area contributed by atoms with E-state index in [-0.39, 0.29) is 5.91 Å². The van der Waals surface area contributed by atoms with Crippen LogP contribution in [0.4, 0.5) is 0 Å². The number of nitrogens with one attached hydrogen (secondary N) is 1. The molecule has 0 bridgehead atoms. The minimum absolute atomic E-state index is 0.0531. The zero-order valence-corrected chi connectivity index (χ0v) is 14.3. The molecule has 1 aliphatic carbocycles. The van der Waals surface area contributed by atoms with Crippen molar-refractivity contribution in [1.29, 1.82) is 0 Å². The molecule has 0 aromatic heterocycles. The highest BCUT2D eigenvalue weighted by molar-refractivity contribution is 7.98. The Morgan fingerprint density at radius 2 is 1.82 bits per heavy atom. The van der Waals surface area contributed by atoms with Crippen LogP contribution < -0.4 is 5.32 Å². The van der Waals surface area contributed by atoms with Crippen molar-refractivity contribution in [2.24, 2.45) is 0 Å². The maximum Gasteiger partial charge on any atom is 0.326 e. The highest BCUT2D eigenvalue weighted by Crippen LogP contribution is 2.36. The predicted molar refractivity (Wildman–Crippen MR) is 89.2 cm³/mol. The molecule has 2 fully saturated rings. The van der Waals surface area contributed by atoms with E-state index < -0.39 is 17.6 Å². The average molecular weight is 328 g/mol. The molecule has 0 aromatic rings. The number of thioether (sulfide) groups is 1. The molecule has 0 radical (unpaired) electrons. The van der Waals surface area contributed by atoms with E-state index in [4.69, 9.17) is 0 Å². The Morgan fingerprint density at radius 3 is 2.36 bits per heavy atom. The van der Waals surface area contributed by atoms with Crippen molar-refractivity contribution in [1.82, 2.24) is 10.2 Å². The molecule has 1 aliphatic heterocycles. The zero-order chi connectivity index (χ0) is 16.0. The van der Waals surface area contributed by atoms with Crippen LogP contribution in [0.5, 0.6) is 0 Å². The van der Waals surface area contributed by atoms with Crippen LogP contribution in [0, 0.1) is 0 Å². The standard InChI is InChI=1S/C16H28N2O3S/c1-22-12-7-13(14(19)20)17-15(21)16(8-3-2-4-9-16)18-10-5-6-11-18/h13H,2-12H2,1H3,(H,17,21)(H,19,20)/t13-/m1/s1. The van der Waals surface area contributed by atoms with Crippen molar-refractivity contribution >= 4 is 23.6 Å². The van der Waals surface area contributed by atoms with Crippen LogP contribution in [0.15, 0.2) is 0 Å². The molecule has 6 heteroatoms. The fourth-order valence-electron chi connectivity index (χ4n) is 3.75. The first-order chi connectivity index (χ1) is 10.6. The minimum atomic E-state index is -0.921. The van der Waals surface area contributed by atoms with Crippen molar-refractivity contribution in [3.05, 3.63) is 0 Å². The first-order valence-electron chi connectivity index (χ1n) is 8.38. The quantitative estimate of drug-likeness (QED) is 0.749. The number of likely N-dealkylation sites (tertiary alicyclic amines) is 1. The molecule has 0 aromatic carbocycles. The predicted octanol–water partition coefficient (Wildman–Crippen LogP) is 2.11. The summed E-state index contributed by atoms with van der Waals surface area (Å²) in [7, 11) is 0. The molecule has 1 amide bonds. The number of rotatable bonds is 7. The zero-order valence-electron chi connectivity index (χ0n) is 13.5. The van der Waals surface area contributed by atoms with Gasteiger partial charge in [-0.1, -0.05) is 19.3 Å². The SMILES string of the molecule is CSCC[C@@H](NC(=O)C1(N2CCCC2)CCCCC1)C(=O)O. The second kappa shape index (κ2) is 8.20. The fraction of sp³-hybridized carbons (Fsp3) is 0.875. The van der Waals surface area contributed by atoms with E-state index in [1.807, 2.05) is 6.26 Å². The highest BCUT2D eigenvalue weighted by atomic mass is 32.2. The van der Waals surface area contributed by atoms with Crippen molar-refractivity contribution in [3.8, 4) is 0 Å². The third-order valence-corrected chi connectivity index (χ3v) is 5.67. The Labute approximate surface area is 137 Å². The summed E-state index contributed by atoms with van der Waals surface area (Å²) in [6, 6.07) is -0.763. The number of hydrogen-bond acceptors (Lipinski definition) is 4. The Balaban J connectivity index is 2.08. The van der Waals surface area contributed by atoms with E-state index in [0.29, 0.717) is 6.42 Å². The molecular weight excluding hydrogens is 300 g/mol. The molecular formula is C16H28N2O3S. The number of amides is 1. The molecule has 2 aliphatic rings. The van der Waals surface area contributed by atoms with Crippen LogP contribution >= 0.6 is 11.8 Å². The number of nitrogens with zero attached hydrogens (tertiary/aromatic N) is 1. The van der Waals surface area contributed by atoms with Crippen molar-refractivity contribution < 1.29 is 14.7 Å². The van der Waals surface area contributed by atoms with Gasteiger partial charge in [-0.3, -0.25) is 9.69 Å². The van der Waals surface area contributed by atoms with Gasteiger partial charge in [0.1, 0.15) is 11.6 Å². The second-order valence-electron chi connectivity index (χ2n) is 6.43. The van der Waals surface area contributed by atoms with Gasteiger partial charge in [-0.2, -0.15) is 11.8 Å². The molecule has 22 heavy (non-hydrogen) atoms. The van der Waals surface area contributed by atoms with Gasteiger partial charge in [0.05, 0.1) is 0 Å². The Morgan fingerprint density at radius 1 is 1.18 bits per heavy atom. The third kappa shape index (κ3) is 3.96. The van der Waals surface area contributed by atoms with Crippen molar-refractivity contribution in [2.75, 3.05) is 25.1 Å². The van der Waals surface area contributed by atoms with E-state index in [9.17, 15) is 14.7 Å². The summed E-state index contributed by atoms with van der Waals surface area (Å²) in [5, 5.41) is 12.2.